The first-order valence-electron chi connectivity index (χ1n) is 12.6. The maximum Gasteiger partial charge on any atom is 0.336 e. The Bertz CT molecular complexity index is 1590. The van der Waals surface area contributed by atoms with Crippen molar-refractivity contribution >= 4 is 22.8 Å². The van der Waals surface area contributed by atoms with Gasteiger partial charge in [0, 0.05) is 17.5 Å². The van der Waals surface area contributed by atoms with Crippen LogP contribution in [-0.4, -0.2) is 26.8 Å². The van der Waals surface area contributed by atoms with Gasteiger partial charge in [-0.05, 0) is 65.4 Å². The van der Waals surface area contributed by atoms with E-state index in [0.29, 0.717) is 28.1 Å². The molecular formula is C32H27FN2O3. The molecule has 0 unspecified atom stereocenters. The highest BCUT2D eigenvalue weighted by Crippen LogP contribution is 2.35. The van der Waals surface area contributed by atoms with Crippen molar-refractivity contribution in [1.29, 1.82) is 0 Å². The molecular weight excluding hydrogens is 479 g/mol. The van der Waals surface area contributed by atoms with Crippen molar-refractivity contribution in [2.24, 2.45) is 0 Å². The summed E-state index contributed by atoms with van der Waals surface area (Å²) in [5.74, 6) is -1.27. The van der Waals surface area contributed by atoms with Crippen molar-refractivity contribution in [3.63, 3.8) is 0 Å². The fraction of sp³-hybridized carbons (Fsp3) is 0.156. The van der Waals surface area contributed by atoms with Gasteiger partial charge in [0.25, 0.3) is 0 Å². The lowest BCUT2D eigenvalue weighted by atomic mass is 9.87. The van der Waals surface area contributed by atoms with E-state index in [1.165, 1.54) is 18.2 Å². The number of ketones is 1. The van der Waals surface area contributed by atoms with Gasteiger partial charge in [-0.3, -0.25) is 4.79 Å². The Labute approximate surface area is 220 Å². The molecule has 0 saturated carbocycles. The van der Waals surface area contributed by atoms with Gasteiger partial charge in [-0.2, -0.15) is 0 Å². The highest BCUT2D eigenvalue weighted by Gasteiger charge is 2.22. The van der Waals surface area contributed by atoms with Crippen LogP contribution in [0.1, 0.15) is 58.4 Å². The molecule has 0 aliphatic carbocycles. The number of nitrogens with zero attached hydrogens (tertiary/aromatic N) is 1. The van der Waals surface area contributed by atoms with Crippen molar-refractivity contribution in [1.82, 2.24) is 9.97 Å². The molecule has 0 aliphatic heterocycles. The molecule has 0 bridgehead atoms. The predicted octanol–water partition coefficient (Wildman–Crippen LogP) is 7.89. The van der Waals surface area contributed by atoms with Gasteiger partial charge < -0.3 is 10.1 Å². The minimum absolute atomic E-state index is 0.0459. The standard InChI is InChI=1S/C32H27FN2O3/c1-2-8-21(20-9-4-3-5-10-20)18-30(36)22-13-15-24(27(17-22)32(37)38)26-19-23(33)14-16-25(26)31-34-28-11-6-7-12-29(28)35-31/h3-7,9-17,19,21H,2,8,18H2,1H3,(H,34,35)(H,37,38)/t21-/m0/s1. The molecule has 0 amide bonds. The second kappa shape index (κ2) is 10.8. The quantitative estimate of drug-likeness (QED) is 0.199. The van der Waals surface area contributed by atoms with Gasteiger partial charge in [0.2, 0.25) is 0 Å². The number of aromatic nitrogens is 2. The lowest BCUT2D eigenvalue weighted by molar-refractivity contribution is 0.0697. The van der Waals surface area contributed by atoms with Crippen molar-refractivity contribution in [2.45, 2.75) is 32.1 Å². The summed E-state index contributed by atoms with van der Waals surface area (Å²) in [6, 6.07) is 26.2. The first kappa shape index (κ1) is 25.1. The highest BCUT2D eigenvalue weighted by atomic mass is 19.1. The van der Waals surface area contributed by atoms with E-state index in [1.807, 2.05) is 54.6 Å². The van der Waals surface area contributed by atoms with E-state index in [9.17, 15) is 19.1 Å². The molecule has 1 heterocycles. The SMILES string of the molecule is CCC[C@@H](CC(=O)c1ccc(-c2cc(F)ccc2-c2nc3ccccc3[nH]2)c(C(=O)O)c1)c1ccccc1. The Morgan fingerprint density at radius 1 is 0.895 bits per heavy atom. The zero-order valence-corrected chi connectivity index (χ0v) is 20.9. The lowest BCUT2D eigenvalue weighted by Crippen LogP contribution is -2.10. The Balaban J connectivity index is 1.54. The average Bonchev–Trinajstić information content (AvgIpc) is 3.37. The van der Waals surface area contributed by atoms with Crippen molar-refractivity contribution in [3.8, 4) is 22.5 Å². The molecule has 0 spiro atoms. The summed E-state index contributed by atoms with van der Waals surface area (Å²) in [5.41, 5.74) is 4.18. The first-order valence-corrected chi connectivity index (χ1v) is 12.6. The zero-order chi connectivity index (χ0) is 26.6. The average molecular weight is 507 g/mol. The monoisotopic (exact) mass is 506 g/mol. The molecule has 5 rings (SSSR count). The van der Waals surface area contributed by atoms with Crippen LogP contribution >= 0.6 is 0 Å². The van der Waals surface area contributed by atoms with E-state index in [1.54, 1.807) is 18.2 Å². The second-order valence-corrected chi connectivity index (χ2v) is 9.38. The molecule has 5 nitrogen and oxygen atoms in total. The minimum Gasteiger partial charge on any atom is -0.478 e. The van der Waals surface area contributed by atoms with Crippen molar-refractivity contribution in [2.75, 3.05) is 0 Å². The number of aromatic amines is 1. The Kier molecular flexibility index (Phi) is 7.13. The molecule has 0 radical (unpaired) electrons. The van der Waals surface area contributed by atoms with E-state index < -0.39 is 11.8 Å². The van der Waals surface area contributed by atoms with Crippen LogP contribution in [0.15, 0.2) is 91.0 Å². The van der Waals surface area contributed by atoms with Gasteiger partial charge in [-0.25, -0.2) is 14.2 Å². The van der Waals surface area contributed by atoms with Crippen LogP contribution in [-0.2, 0) is 0 Å². The number of hydrogen-bond acceptors (Lipinski definition) is 3. The molecule has 6 heteroatoms. The third kappa shape index (κ3) is 5.11. The molecule has 0 fully saturated rings. The highest BCUT2D eigenvalue weighted by molar-refractivity contribution is 6.04. The number of carboxylic acids is 1. The number of rotatable bonds is 9. The number of halogens is 1. The lowest BCUT2D eigenvalue weighted by Gasteiger charge is -2.17. The summed E-state index contributed by atoms with van der Waals surface area (Å²) in [5, 5.41) is 10.1. The van der Waals surface area contributed by atoms with Gasteiger partial charge in [-0.15, -0.1) is 0 Å². The Morgan fingerprint density at radius 2 is 1.63 bits per heavy atom. The minimum atomic E-state index is -1.19. The topological polar surface area (TPSA) is 83.0 Å². The number of carbonyl (C=O) groups excluding carboxylic acids is 1. The summed E-state index contributed by atoms with van der Waals surface area (Å²) < 4.78 is 14.4. The molecule has 2 N–H and O–H groups in total. The third-order valence-electron chi connectivity index (χ3n) is 6.83. The molecule has 190 valence electrons. The van der Waals surface area contributed by atoms with Gasteiger partial charge >= 0.3 is 5.97 Å². The van der Waals surface area contributed by atoms with E-state index in [-0.39, 0.29) is 23.7 Å². The number of para-hydroxylation sites is 2. The molecule has 1 atom stereocenters. The van der Waals surface area contributed by atoms with Gasteiger partial charge in [0.05, 0.1) is 16.6 Å². The van der Waals surface area contributed by atoms with Gasteiger partial charge in [-0.1, -0.05) is 67.9 Å². The number of imidazole rings is 1. The third-order valence-corrected chi connectivity index (χ3v) is 6.83. The van der Waals surface area contributed by atoms with E-state index >= 15 is 0 Å². The van der Waals surface area contributed by atoms with Crippen LogP contribution in [0, 0.1) is 5.82 Å². The first-order chi connectivity index (χ1) is 18.4. The smallest absolute Gasteiger partial charge is 0.336 e. The fourth-order valence-corrected chi connectivity index (χ4v) is 4.96. The number of nitrogens with one attached hydrogen (secondary N) is 1. The van der Waals surface area contributed by atoms with Crippen LogP contribution < -0.4 is 0 Å². The van der Waals surface area contributed by atoms with Crippen molar-refractivity contribution in [3.05, 3.63) is 114 Å². The predicted molar refractivity (Wildman–Crippen MR) is 147 cm³/mol. The maximum atomic E-state index is 14.4. The molecule has 0 saturated heterocycles. The largest absolute Gasteiger partial charge is 0.478 e. The van der Waals surface area contributed by atoms with E-state index in [0.717, 1.165) is 29.4 Å². The summed E-state index contributed by atoms with van der Waals surface area (Å²) >= 11 is 0. The summed E-state index contributed by atoms with van der Waals surface area (Å²) in [6.07, 6.45) is 2.06. The van der Waals surface area contributed by atoms with Gasteiger partial charge in [0.15, 0.2) is 5.78 Å². The molecule has 4 aromatic carbocycles. The summed E-state index contributed by atoms with van der Waals surface area (Å²) in [7, 11) is 0. The number of Topliss-reactive ketones (excluding diaryl/α,β-unsaturated/α-hetero) is 1. The number of benzene rings is 4. The number of carboxylic acid groups (broad SMARTS) is 1. The Hall–Kier alpha value is -4.58. The van der Waals surface area contributed by atoms with Crippen LogP contribution in [0.4, 0.5) is 4.39 Å². The normalized spacial score (nSPS) is 11.9. The second-order valence-electron chi connectivity index (χ2n) is 9.38. The van der Waals surface area contributed by atoms with E-state index in [2.05, 4.69) is 16.9 Å². The van der Waals surface area contributed by atoms with Crippen LogP contribution in [0.5, 0.6) is 0 Å². The molecule has 38 heavy (non-hydrogen) atoms. The number of fused-ring (bicyclic) bond motifs is 1. The maximum absolute atomic E-state index is 14.4. The fourth-order valence-electron chi connectivity index (χ4n) is 4.96. The number of aromatic carboxylic acids is 1. The van der Waals surface area contributed by atoms with Crippen LogP contribution in [0.3, 0.4) is 0 Å². The summed E-state index contributed by atoms with van der Waals surface area (Å²) in [6.45, 7) is 2.08. The Morgan fingerprint density at radius 3 is 2.37 bits per heavy atom. The molecule has 5 aromatic rings. The number of carbonyl (C=O) groups is 2. The van der Waals surface area contributed by atoms with Crippen LogP contribution in [0.2, 0.25) is 0 Å². The van der Waals surface area contributed by atoms with Gasteiger partial charge in [0.1, 0.15) is 11.6 Å². The van der Waals surface area contributed by atoms with Crippen molar-refractivity contribution < 1.29 is 19.1 Å². The summed E-state index contributed by atoms with van der Waals surface area (Å²) in [4.78, 5) is 33.5. The van der Waals surface area contributed by atoms with Crippen LogP contribution in [0.25, 0.3) is 33.5 Å². The number of hydrogen-bond donors (Lipinski definition) is 2. The van der Waals surface area contributed by atoms with E-state index in [4.69, 9.17) is 0 Å². The molecule has 1 aromatic heterocycles. The zero-order valence-electron chi connectivity index (χ0n) is 20.9. The molecule has 0 aliphatic rings. The number of H-pyrrole nitrogens is 1.